The Bertz CT molecular complexity index is 709. The Hall–Kier alpha value is -1.84. The molecule has 0 aliphatic heterocycles. The molecule has 2 aromatic heterocycles. The minimum Gasteiger partial charge on any atom is -0.444 e. The number of hydrogen-bond donors (Lipinski definition) is 1. The van der Waals surface area contributed by atoms with E-state index in [0.717, 1.165) is 16.5 Å². The molecule has 2 heterocycles. The van der Waals surface area contributed by atoms with Crippen LogP contribution in [0.4, 0.5) is 0 Å². The van der Waals surface area contributed by atoms with Crippen LogP contribution in [0.15, 0.2) is 53.2 Å². The summed E-state index contributed by atoms with van der Waals surface area (Å²) in [7, 11) is 0. The molecule has 3 nitrogen and oxygen atoms in total. The zero-order valence-electron chi connectivity index (χ0n) is 11.1. The first-order chi connectivity index (χ1) is 9.75. The Morgan fingerprint density at radius 1 is 1.20 bits per heavy atom. The summed E-state index contributed by atoms with van der Waals surface area (Å²) in [6, 6.07) is 12.1. The first kappa shape index (κ1) is 13.2. The summed E-state index contributed by atoms with van der Waals surface area (Å²) in [5, 5.41) is 4.98. The van der Waals surface area contributed by atoms with Crippen molar-refractivity contribution in [1.82, 2.24) is 10.3 Å². The lowest BCUT2D eigenvalue weighted by molar-refractivity contribution is 0.563. The second-order valence-electron chi connectivity index (χ2n) is 4.73. The number of benzene rings is 1. The second-order valence-corrected chi connectivity index (χ2v) is 5.08. The largest absolute Gasteiger partial charge is 0.444 e. The number of hydrogen-bond acceptors (Lipinski definition) is 3. The van der Waals surface area contributed by atoms with Gasteiger partial charge in [0, 0.05) is 35.9 Å². The summed E-state index contributed by atoms with van der Waals surface area (Å²) in [6.45, 7) is 2.78. The number of aromatic nitrogens is 1. The molecule has 0 amide bonds. The van der Waals surface area contributed by atoms with Crippen LogP contribution < -0.4 is 5.32 Å². The molecule has 3 aromatic rings. The average Bonchev–Trinajstić information content (AvgIpc) is 2.81. The lowest BCUT2D eigenvalue weighted by atomic mass is 10.1. The van der Waals surface area contributed by atoms with Gasteiger partial charge in [-0.05, 0) is 42.3 Å². The van der Waals surface area contributed by atoms with Gasteiger partial charge < -0.3 is 9.73 Å². The Balaban J connectivity index is 1.79. The Morgan fingerprint density at radius 2 is 1.95 bits per heavy atom. The van der Waals surface area contributed by atoms with E-state index in [9.17, 15) is 0 Å². The summed E-state index contributed by atoms with van der Waals surface area (Å²) in [6.07, 6.45) is 3.60. The molecule has 1 aromatic carbocycles. The zero-order valence-corrected chi connectivity index (χ0v) is 11.9. The van der Waals surface area contributed by atoms with Gasteiger partial charge in [-0.3, -0.25) is 4.98 Å². The number of rotatable bonds is 4. The molecule has 102 valence electrons. The van der Waals surface area contributed by atoms with E-state index in [1.54, 1.807) is 12.4 Å². The van der Waals surface area contributed by atoms with Gasteiger partial charge >= 0.3 is 0 Å². The van der Waals surface area contributed by atoms with Crippen LogP contribution in [0.5, 0.6) is 0 Å². The SMILES string of the molecule is CC(NCc1c(Cl)oc2ccccc12)c1ccncc1. The van der Waals surface area contributed by atoms with Crippen molar-refractivity contribution in [2.45, 2.75) is 19.5 Å². The maximum atomic E-state index is 6.18. The van der Waals surface area contributed by atoms with Gasteiger partial charge in [0.25, 0.3) is 0 Å². The molecule has 1 N–H and O–H groups in total. The number of nitrogens with zero attached hydrogens (tertiary/aromatic N) is 1. The number of fused-ring (bicyclic) bond motifs is 1. The summed E-state index contributed by atoms with van der Waals surface area (Å²) in [4.78, 5) is 4.03. The molecule has 1 unspecified atom stereocenters. The van der Waals surface area contributed by atoms with Gasteiger partial charge in [-0.25, -0.2) is 0 Å². The third-order valence-corrected chi connectivity index (χ3v) is 3.75. The monoisotopic (exact) mass is 286 g/mol. The predicted molar refractivity (Wildman–Crippen MR) is 80.7 cm³/mol. The zero-order chi connectivity index (χ0) is 13.9. The summed E-state index contributed by atoms with van der Waals surface area (Å²) in [5.41, 5.74) is 3.03. The molecule has 0 saturated carbocycles. The van der Waals surface area contributed by atoms with Crippen molar-refractivity contribution in [1.29, 1.82) is 0 Å². The fraction of sp³-hybridized carbons (Fsp3) is 0.188. The van der Waals surface area contributed by atoms with Crippen molar-refractivity contribution in [2.75, 3.05) is 0 Å². The van der Waals surface area contributed by atoms with Crippen molar-refractivity contribution in [3.05, 3.63) is 65.1 Å². The van der Waals surface area contributed by atoms with Crippen LogP contribution in [-0.2, 0) is 6.54 Å². The minimum atomic E-state index is 0.225. The number of pyridine rings is 1. The van der Waals surface area contributed by atoms with Crippen molar-refractivity contribution >= 4 is 22.6 Å². The summed E-state index contributed by atoms with van der Waals surface area (Å²) >= 11 is 6.18. The topological polar surface area (TPSA) is 38.1 Å². The Morgan fingerprint density at radius 3 is 2.75 bits per heavy atom. The fourth-order valence-electron chi connectivity index (χ4n) is 2.26. The third-order valence-electron chi connectivity index (χ3n) is 3.44. The van der Waals surface area contributed by atoms with Gasteiger partial charge in [-0.1, -0.05) is 18.2 Å². The van der Waals surface area contributed by atoms with Gasteiger partial charge in [0.05, 0.1) is 0 Å². The van der Waals surface area contributed by atoms with Gasteiger partial charge in [0.15, 0.2) is 5.22 Å². The highest BCUT2D eigenvalue weighted by Crippen LogP contribution is 2.29. The Kier molecular flexibility index (Phi) is 3.72. The molecule has 0 saturated heterocycles. The quantitative estimate of drug-likeness (QED) is 0.775. The molecule has 0 spiro atoms. The van der Waals surface area contributed by atoms with Crippen LogP contribution >= 0.6 is 11.6 Å². The molecular formula is C16H15ClN2O. The van der Waals surface area contributed by atoms with E-state index >= 15 is 0 Å². The fourth-order valence-corrected chi connectivity index (χ4v) is 2.51. The van der Waals surface area contributed by atoms with E-state index in [4.69, 9.17) is 16.0 Å². The maximum Gasteiger partial charge on any atom is 0.199 e. The molecule has 20 heavy (non-hydrogen) atoms. The van der Waals surface area contributed by atoms with Crippen LogP contribution in [0, 0.1) is 0 Å². The lowest BCUT2D eigenvalue weighted by Crippen LogP contribution is -2.18. The minimum absolute atomic E-state index is 0.225. The molecule has 1 atom stereocenters. The lowest BCUT2D eigenvalue weighted by Gasteiger charge is -2.13. The van der Waals surface area contributed by atoms with E-state index < -0.39 is 0 Å². The third kappa shape index (κ3) is 2.55. The van der Waals surface area contributed by atoms with Gasteiger partial charge in [0.2, 0.25) is 0 Å². The van der Waals surface area contributed by atoms with E-state index in [1.807, 2.05) is 36.4 Å². The molecular weight excluding hydrogens is 272 g/mol. The highest BCUT2D eigenvalue weighted by Gasteiger charge is 2.13. The number of nitrogens with one attached hydrogen (secondary N) is 1. The highest BCUT2D eigenvalue weighted by atomic mass is 35.5. The van der Waals surface area contributed by atoms with Crippen molar-refractivity contribution in [3.8, 4) is 0 Å². The van der Waals surface area contributed by atoms with Crippen molar-refractivity contribution < 1.29 is 4.42 Å². The van der Waals surface area contributed by atoms with Crippen LogP contribution in [0.3, 0.4) is 0 Å². The first-order valence-corrected chi connectivity index (χ1v) is 6.92. The molecule has 4 heteroatoms. The first-order valence-electron chi connectivity index (χ1n) is 6.55. The highest BCUT2D eigenvalue weighted by molar-refractivity contribution is 6.30. The number of halogens is 1. The molecule has 0 radical (unpaired) electrons. The smallest absolute Gasteiger partial charge is 0.199 e. The van der Waals surface area contributed by atoms with Gasteiger partial charge in [-0.2, -0.15) is 0 Å². The standard InChI is InChI=1S/C16H15ClN2O/c1-11(12-6-8-18-9-7-12)19-10-14-13-4-2-3-5-15(13)20-16(14)17/h2-9,11,19H,10H2,1H3. The van der Waals surface area contributed by atoms with E-state index in [1.165, 1.54) is 5.56 Å². The maximum absolute atomic E-state index is 6.18. The second kappa shape index (κ2) is 5.65. The van der Waals surface area contributed by atoms with Crippen molar-refractivity contribution in [3.63, 3.8) is 0 Å². The molecule has 0 aliphatic rings. The van der Waals surface area contributed by atoms with Crippen LogP contribution in [0.2, 0.25) is 5.22 Å². The summed E-state index contributed by atoms with van der Waals surface area (Å²) in [5.74, 6) is 0. The van der Waals surface area contributed by atoms with E-state index in [2.05, 4.69) is 17.2 Å². The van der Waals surface area contributed by atoms with Gasteiger partial charge in [0.1, 0.15) is 5.58 Å². The average molecular weight is 287 g/mol. The van der Waals surface area contributed by atoms with Crippen LogP contribution in [-0.4, -0.2) is 4.98 Å². The molecule has 0 bridgehead atoms. The van der Waals surface area contributed by atoms with Crippen LogP contribution in [0.1, 0.15) is 24.1 Å². The molecule has 3 rings (SSSR count). The number of furan rings is 1. The number of para-hydroxylation sites is 1. The normalized spacial score (nSPS) is 12.7. The van der Waals surface area contributed by atoms with Crippen molar-refractivity contribution in [2.24, 2.45) is 0 Å². The van der Waals surface area contributed by atoms with E-state index in [-0.39, 0.29) is 6.04 Å². The van der Waals surface area contributed by atoms with Gasteiger partial charge in [-0.15, -0.1) is 0 Å². The summed E-state index contributed by atoms with van der Waals surface area (Å²) < 4.78 is 5.55. The molecule has 0 aliphatic carbocycles. The predicted octanol–water partition coefficient (Wildman–Crippen LogP) is 4.33. The molecule has 0 fully saturated rings. The Labute approximate surface area is 122 Å². The van der Waals surface area contributed by atoms with Crippen LogP contribution in [0.25, 0.3) is 11.0 Å². The van der Waals surface area contributed by atoms with E-state index in [0.29, 0.717) is 11.8 Å².